The van der Waals surface area contributed by atoms with Gasteiger partial charge in [-0.1, -0.05) is 24.8 Å². The second-order valence-corrected chi connectivity index (χ2v) is 7.08. The highest BCUT2D eigenvalue weighted by atomic mass is 16.3. The first-order chi connectivity index (χ1) is 10.8. The number of rotatable bonds is 4. The molecule has 4 heteroatoms. The molecular weight excluding hydrogens is 288 g/mol. The third-order valence-electron chi connectivity index (χ3n) is 4.44. The summed E-state index contributed by atoms with van der Waals surface area (Å²) in [5.74, 6) is 6.75. The molecule has 1 aromatic rings. The number of nitrogens with one attached hydrogen (secondary N) is 1. The highest BCUT2D eigenvalue weighted by Crippen LogP contribution is 2.30. The van der Waals surface area contributed by atoms with Crippen LogP contribution in [0.15, 0.2) is 24.3 Å². The number of nitrogens with two attached hydrogens (primary N) is 1. The highest BCUT2D eigenvalue weighted by Gasteiger charge is 2.30. The van der Waals surface area contributed by atoms with Crippen LogP contribution in [-0.4, -0.2) is 29.2 Å². The van der Waals surface area contributed by atoms with E-state index in [0.29, 0.717) is 17.4 Å². The predicted molar refractivity (Wildman–Crippen MR) is 91.8 cm³/mol. The van der Waals surface area contributed by atoms with Gasteiger partial charge in [0.15, 0.2) is 0 Å². The Morgan fingerprint density at radius 1 is 1.43 bits per heavy atom. The topological polar surface area (TPSA) is 75.3 Å². The molecule has 0 bridgehead atoms. The number of aliphatic hydroxyl groups excluding tert-OH is 1. The first kappa shape index (κ1) is 17.5. The number of aliphatic hydroxyl groups is 1. The third-order valence-corrected chi connectivity index (χ3v) is 4.44. The number of hydrogen-bond acceptors (Lipinski definition) is 3. The molecule has 0 unspecified atom stereocenters. The number of carbonyl (C=O) groups is 1. The fourth-order valence-electron chi connectivity index (χ4n) is 2.94. The summed E-state index contributed by atoms with van der Waals surface area (Å²) in [6.45, 7) is 7.02. The van der Waals surface area contributed by atoms with Crippen LogP contribution in [0.25, 0.3) is 0 Å². The maximum Gasteiger partial charge on any atom is 0.248 e. The minimum Gasteiger partial charge on any atom is -0.393 e. The van der Waals surface area contributed by atoms with Crippen molar-refractivity contribution in [3.8, 4) is 11.8 Å². The van der Waals surface area contributed by atoms with Crippen LogP contribution in [0.1, 0.15) is 49.5 Å². The lowest BCUT2D eigenvalue weighted by Gasteiger charge is -2.22. The van der Waals surface area contributed by atoms with E-state index < -0.39 is 5.91 Å². The zero-order chi connectivity index (χ0) is 17.0. The fourth-order valence-corrected chi connectivity index (χ4v) is 2.94. The van der Waals surface area contributed by atoms with Gasteiger partial charge in [-0.3, -0.25) is 4.79 Å². The van der Waals surface area contributed by atoms with Crippen molar-refractivity contribution in [2.24, 2.45) is 17.6 Å². The van der Waals surface area contributed by atoms with Crippen LogP contribution in [0.5, 0.6) is 0 Å². The minimum absolute atomic E-state index is 0.174. The lowest BCUT2D eigenvalue weighted by atomic mass is 10.0. The van der Waals surface area contributed by atoms with Crippen LogP contribution in [0.4, 0.5) is 0 Å². The van der Waals surface area contributed by atoms with Crippen molar-refractivity contribution in [3.05, 3.63) is 35.4 Å². The van der Waals surface area contributed by atoms with Gasteiger partial charge in [-0.15, -0.1) is 0 Å². The van der Waals surface area contributed by atoms with Gasteiger partial charge in [-0.2, -0.15) is 0 Å². The number of primary amides is 1. The Morgan fingerprint density at radius 2 is 2.17 bits per heavy atom. The summed E-state index contributed by atoms with van der Waals surface area (Å²) in [6.07, 6.45) is 1.74. The zero-order valence-electron chi connectivity index (χ0n) is 14.1. The Hall–Kier alpha value is -1.83. The summed E-state index contributed by atoms with van der Waals surface area (Å²) in [5, 5.41) is 13.3. The number of hydrogen-bond donors (Lipinski definition) is 3. The summed E-state index contributed by atoms with van der Waals surface area (Å²) < 4.78 is 0. The molecule has 1 fully saturated rings. The maximum atomic E-state index is 11.2. The molecule has 0 aliphatic heterocycles. The summed E-state index contributed by atoms with van der Waals surface area (Å²) >= 11 is 0. The van der Waals surface area contributed by atoms with E-state index in [1.165, 1.54) is 0 Å². The van der Waals surface area contributed by atoms with Gasteiger partial charge in [-0.05, 0) is 63.3 Å². The van der Waals surface area contributed by atoms with Crippen molar-refractivity contribution >= 4 is 5.91 Å². The van der Waals surface area contributed by atoms with Crippen LogP contribution >= 0.6 is 0 Å². The van der Waals surface area contributed by atoms with Crippen molar-refractivity contribution < 1.29 is 9.90 Å². The summed E-state index contributed by atoms with van der Waals surface area (Å²) in [4.78, 5) is 11.2. The third kappa shape index (κ3) is 5.09. The van der Waals surface area contributed by atoms with E-state index in [4.69, 9.17) is 5.73 Å². The summed E-state index contributed by atoms with van der Waals surface area (Å²) in [6, 6.07) is 7.04. The van der Waals surface area contributed by atoms with Gasteiger partial charge in [0.1, 0.15) is 0 Å². The van der Waals surface area contributed by atoms with Crippen molar-refractivity contribution in [2.75, 3.05) is 6.54 Å². The Bertz CT molecular complexity index is 618. The van der Waals surface area contributed by atoms with E-state index in [1.54, 1.807) is 18.2 Å². The van der Waals surface area contributed by atoms with Crippen molar-refractivity contribution in [1.29, 1.82) is 0 Å². The summed E-state index contributed by atoms with van der Waals surface area (Å²) in [5.41, 5.74) is 6.20. The van der Waals surface area contributed by atoms with E-state index in [0.717, 1.165) is 24.9 Å². The van der Waals surface area contributed by atoms with Gasteiger partial charge < -0.3 is 16.2 Å². The van der Waals surface area contributed by atoms with Crippen molar-refractivity contribution in [3.63, 3.8) is 0 Å². The number of carbonyl (C=O) groups excluding carboxylic acids is 1. The van der Waals surface area contributed by atoms with Crippen LogP contribution in [0, 0.1) is 23.7 Å². The van der Waals surface area contributed by atoms with E-state index >= 15 is 0 Å². The van der Waals surface area contributed by atoms with Crippen LogP contribution in [0.3, 0.4) is 0 Å². The van der Waals surface area contributed by atoms with Crippen molar-refractivity contribution in [1.82, 2.24) is 5.32 Å². The van der Waals surface area contributed by atoms with E-state index in [-0.39, 0.29) is 11.6 Å². The van der Waals surface area contributed by atoms with E-state index in [2.05, 4.69) is 24.1 Å². The monoisotopic (exact) mass is 314 g/mol. The SMILES string of the molecule is C[C@@H]1C[C@H](CNC(C)(C)C#Cc2cccc(C(N)=O)c2)C[C@H]1O. The molecule has 1 aliphatic carbocycles. The largest absolute Gasteiger partial charge is 0.393 e. The molecule has 3 atom stereocenters. The van der Waals surface area contributed by atoms with Crippen LogP contribution in [0.2, 0.25) is 0 Å². The van der Waals surface area contributed by atoms with Gasteiger partial charge in [-0.25, -0.2) is 0 Å². The molecule has 0 aromatic heterocycles. The first-order valence-corrected chi connectivity index (χ1v) is 8.13. The smallest absolute Gasteiger partial charge is 0.248 e. The lowest BCUT2D eigenvalue weighted by Crippen LogP contribution is -2.40. The zero-order valence-corrected chi connectivity index (χ0v) is 14.1. The van der Waals surface area contributed by atoms with Crippen LogP contribution in [-0.2, 0) is 0 Å². The Balaban J connectivity index is 1.96. The first-order valence-electron chi connectivity index (χ1n) is 8.13. The van der Waals surface area contributed by atoms with Gasteiger partial charge in [0.05, 0.1) is 11.6 Å². The highest BCUT2D eigenvalue weighted by molar-refractivity contribution is 5.93. The molecule has 1 aromatic carbocycles. The molecule has 2 rings (SSSR count). The number of amides is 1. The number of benzene rings is 1. The van der Waals surface area contributed by atoms with Crippen molar-refractivity contribution in [2.45, 2.75) is 45.3 Å². The molecule has 4 nitrogen and oxygen atoms in total. The van der Waals surface area contributed by atoms with Gasteiger partial charge >= 0.3 is 0 Å². The predicted octanol–water partition coefficient (Wildman–Crippen LogP) is 1.91. The normalized spacial score (nSPS) is 24.1. The molecule has 0 spiro atoms. The average Bonchev–Trinajstić information content (AvgIpc) is 2.82. The molecular formula is C19H26N2O2. The summed E-state index contributed by atoms with van der Waals surface area (Å²) in [7, 11) is 0. The Morgan fingerprint density at radius 3 is 2.78 bits per heavy atom. The lowest BCUT2D eigenvalue weighted by molar-refractivity contribution is 0.1000. The molecule has 1 amide bonds. The Labute approximate surface area is 138 Å². The second kappa shape index (κ2) is 7.16. The quantitative estimate of drug-likeness (QED) is 0.743. The second-order valence-electron chi connectivity index (χ2n) is 7.08. The van der Waals surface area contributed by atoms with E-state index in [1.807, 2.05) is 19.9 Å². The van der Waals surface area contributed by atoms with Gasteiger partial charge in [0.25, 0.3) is 0 Å². The average molecular weight is 314 g/mol. The Kier molecular flexibility index (Phi) is 5.46. The van der Waals surface area contributed by atoms with Crippen LogP contribution < -0.4 is 11.1 Å². The van der Waals surface area contributed by atoms with Gasteiger partial charge in [0, 0.05) is 11.1 Å². The minimum atomic E-state index is -0.444. The molecule has 124 valence electrons. The molecule has 1 aliphatic rings. The van der Waals surface area contributed by atoms with E-state index in [9.17, 15) is 9.90 Å². The standard InChI is InChI=1S/C19H26N2O2/c1-13-9-15(11-17(13)22)12-21-19(2,3)8-7-14-5-4-6-16(10-14)18(20)23/h4-6,10,13,15,17,21-22H,9,11-12H2,1-3H3,(H2,20,23)/t13-,15+,17-/m1/s1. The van der Waals surface area contributed by atoms with Gasteiger partial charge in [0.2, 0.25) is 5.91 Å². The maximum absolute atomic E-state index is 11.2. The molecule has 0 radical (unpaired) electrons. The fraction of sp³-hybridized carbons (Fsp3) is 0.526. The molecule has 1 saturated carbocycles. The molecule has 23 heavy (non-hydrogen) atoms. The molecule has 4 N–H and O–H groups in total. The molecule has 0 saturated heterocycles. The molecule has 0 heterocycles.